The maximum Gasteiger partial charge on any atom is 0.0991 e. The molecule has 1 aromatic carbocycles. The molecule has 0 spiro atoms. The van der Waals surface area contributed by atoms with Gasteiger partial charge in [0.05, 0.1) is 33.6 Å². The first-order valence-electron chi connectivity index (χ1n) is 4.80. The molecule has 0 aliphatic heterocycles. The van der Waals surface area contributed by atoms with Crippen LogP contribution in [0.4, 0.5) is 0 Å². The fourth-order valence-electron chi connectivity index (χ4n) is 0.866. The van der Waals surface area contributed by atoms with Crippen LogP contribution in [0.15, 0.2) is 30.3 Å². The van der Waals surface area contributed by atoms with Crippen LogP contribution in [-0.4, -0.2) is 22.0 Å². The fraction of sp³-hybridized carbons (Fsp3) is 0.222. The Balaban J connectivity index is 0. The van der Waals surface area contributed by atoms with Crippen LogP contribution in [0.1, 0.15) is 12.5 Å². The third kappa shape index (κ3) is 9.68. The summed E-state index contributed by atoms with van der Waals surface area (Å²) in [6, 6.07) is 11.2. The van der Waals surface area contributed by atoms with Crippen LogP contribution >= 0.6 is 0 Å². The van der Waals surface area contributed by atoms with Crippen molar-refractivity contribution in [1.29, 1.82) is 5.26 Å². The number of hydrogen-bond acceptors (Lipinski definition) is 1. The van der Waals surface area contributed by atoms with Crippen molar-refractivity contribution in [3.63, 3.8) is 0 Å². The standard InChI is InChI=1S/C7H5N.C2H9B3.W/c8-6-7-4-2-1-3-5-7;1-2-4-5-3;/h1-5H;4-5H,2-3H2,1H3;. The molecule has 0 heterocycles. The Morgan fingerprint density at radius 2 is 1.93 bits per heavy atom. The van der Waals surface area contributed by atoms with Gasteiger partial charge in [-0.15, -0.1) is 0 Å². The second-order valence-corrected chi connectivity index (χ2v) is 2.83. The summed E-state index contributed by atoms with van der Waals surface area (Å²) in [6.07, 6.45) is 1.34. The molecule has 0 radical (unpaired) electrons. The maximum absolute atomic E-state index is 8.29. The fourth-order valence-corrected chi connectivity index (χ4v) is 0.866. The largest absolute Gasteiger partial charge is 0.192 e. The molecule has 0 fully saturated rings. The molecule has 0 aliphatic rings. The van der Waals surface area contributed by atoms with Gasteiger partial charge in [-0.2, -0.15) is 5.26 Å². The van der Waals surface area contributed by atoms with Gasteiger partial charge >= 0.3 is 0 Å². The second kappa shape index (κ2) is 12.6. The van der Waals surface area contributed by atoms with E-state index in [9.17, 15) is 0 Å². The first-order chi connectivity index (χ1) is 6.35. The Bertz CT molecular complexity index is 246. The van der Waals surface area contributed by atoms with E-state index in [0.29, 0.717) is 5.56 Å². The number of nitrogens with zero attached hydrogens (tertiary/aromatic N) is 1. The molecule has 0 amide bonds. The van der Waals surface area contributed by atoms with Gasteiger partial charge in [0, 0.05) is 21.1 Å². The molecule has 0 saturated carbocycles. The van der Waals surface area contributed by atoms with Crippen LogP contribution in [0.3, 0.4) is 0 Å². The van der Waals surface area contributed by atoms with Gasteiger partial charge in [0.2, 0.25) is 0 Å². The van der Waals surface area contributed by atoms with Gasteiger partial charge < -0.3 is 0 Å². The average Bonchev–Trinajstić information content (AvgIpc) is 2.21. The molecule has 0 atom stereocenters. The molecule has 1 rings (SSSR count). The van der Waals surface area contributed by atoms with E-state index in [-0.39, 0.29) is 21.1 Å². The quantitative estimate of drug-likeness (QED) is 0.703. The Morgan fingerprint density at radius 1 is 1.36 bits per heavy atom. The van der Waals surface area contributed by atoms with Crippen LogP contribution in [-0.2, 0) is 21.1 Å². The van der Waals surface area contributed by atoms with Gasteiger partial charge in [0.1, 0.15) is 0 Å². The zero-order valence-electron chi connectivity index (χ0n) is 8.86. The van der Waals surface area contributed by atoms with E-state index in [2.05, 4.69) is 14.7 Å². The first-order valence-corrected chi connectivity index (χ1v) is 4.80. The predicted octanol–water partition coefficient (Wildman–Crippen LogP) is 0.316. The summed E-state index contributed by atoms with van der Waals surface area (Å²) in [5.41, 5.74) is 0.715. The van der Waals surface area contributed by atoms with Crippen LogP contribution in [0.5, 0.6) is 0 Å². The van der Waals surface area contributed by atoms with Crippen LogP contribution in [0.2, 0.25) is 6.32 Å². The van der Waals surface area contributed by atoms with Crippen LogP contribution < -0.4 is 0 Å². The molecule has 5 heteroatoms. The smallest absolute Gasteiger partial charge is 0.0991 e. The van der Waals surface area contributed by atoms with Crippen molar-refractivity contribution in [2.45, 2.75) is 13.2 Å². The van der Waals surface area contributed by atoms with Crippen molar-refractivity contribution in [3.8, 4) is 6.07 Å². The van der Waals surface area contributed by atoms with Gasteiger partial charge in [-0.1, -0.05) is 31.4 Å². The third-order valence-electron chi connectivity index (χ3n) is 1.61. The summed E-state index contributed by atoms with van der Waals surface area (Å²) >= 11 is 0. The van der Waals surface area contributed by atoms with E-state index in [1.165, 1.54) is 20.6 Å². The number of rotatable bonds is 2. The van der Waals surface area contributed by atoms with Crippen molar-refractivity contribution in [1.82, 2.24) is 0 Å². The zero-order chi connectivity index (χ0) is 9.94. The average molecular weight is 352 g/mol. The van der Waals surface area contributed by atoms with Crippen molar-refractivity contribution >= 4 is 22.0 Å². The topological polar surface area (TPSA) is 23.8 Å². The zero-order valence-corrected chi connectivity index (χ0v) is 11.8. The molecular weight excluding hydrogens is 338 g/mol. The SMILES string of the molecule is BBBCC.N#Cc1ccccc1.[W]. The minimum absolute atomic E-state index is 0. The van der Waals surface area contributed by atoms with Gasteiger partial charge in [-0.05, 0) is 12.1 Å². The first kappa shape index (κ1) is 16.0. The van der Waals surface area contributed by atoms with Crippen molar-refractivity contribution in [2.75, 3.05) is 0 Å². The Kier molecular flexibility index (Phi) is 14.4. The van der Waals surface area contributed by atoms with E-state index in [1.807, 2.05) is 24.3 Å². The van der Waals surface area contributed by atoms with E-state index in [0.717, 1.165) is 0 Å². The minimum Gasteiger partial charge on any atom is -0.192 e. The summed E-state index contributed by atoms with van der Waals surface area (Å²) in [6.45, 7) is 2.21. The monoisotopic (exact) mass is 353 g/mol. The Labute approximate surface area is 103 Å². The van der Waals surface area contributed by atoms with E-state index in [1.54, 1.807) is 12.1 Å². The number of hydrogen-bond donors (Lipinski definition) is 0. The van der Waals surface area contributed by atoms with Crippen molar-refractivity contribution in [3.05, 3.63) is 35.9 Å². The van der Waals surface area contributed by atoms with E-state index < -0.39 is 0 Å². The Morgan fingerprint density at radius 3 is 2.14 bits per heavy atom. The molecule has 70 valence electrons. The summed E-state index contributed by atoms with van der Waals surface area (Å²) in [5, 5.41) is 8.29. The summed E-state index contributed by atoms with van der Waals surface area (Å²) < 4.78 is 0. The number of nitriles is 1. The normalized spacial score (nSPS) is 6.86. The molecule has 14 heavy (non-hydrogen) atoms. The van der Waals surface area contributed by atoms with Gasteiger partial charge in [-0.3, -0.25) is 0 Å². The van der Waals surface area contributed by atoms with E-state index in [4.69, 9.17) is 5.26 Å². The molecular formula is C9H14B3NW. The molecule has 0 aliphatic carbocycles. The molecule has 1 nitrogen and oxygen atoms in total. The summed E-state index contributed by atoms with van der Waals surface area (Å²) in [4.78, 5) is 0. The van der Waals surface area contributed by atoms with Crippen molar-refractivity contribution in [2.24, 2.45) is 0 Å². The van der Waals surface area contributed by atoms with Crippen molar-refractivity contribution < 1.29 is 21.1 Å². The second-order valence-electron chi connectivity index (χ2n) is 2.83. The molecule has 0 unspecified atom stereocenters. The van der Waals surface area contributed by atoms with Gasteiger partial charge in [0.25, 0.3) is 0 Å². The minimum atomic E-state index is 0. The molecule has 0 bridgehead atoms. The third-order valence-corrected chi connectivity index (χ3v) is 1.61. The predicted molar refractivity (Wildman–Crippen MR) is 64.5 cm³/mol. The van der Waals surface area contributed by atoms with Gasteiger partial charge in [0.15, 0.2) is 0 Å². The van der Waals surface area contributed by atoms with Gasteiger partial charge in [-0.25, -0.2) is 0 Å². The molecule has 0 saturated heterocycles. The molecule has 0 aromatic heterocycles. The molecule has 1 aromatic rings. The maximum atomic E-state index is 8.29. The molecule has 0 N–H and O–H groups in total. The number of benzene rings is 1. The summed E-state index contributed by atoms with van der Waals surface area (Å²) in [7, 11) is 4.94. The van der Waals surface area contributed by atoms with E-state index >= 15 is 0 Å². The van der Waals surface area contributed by atoms with Crippen LogP contribution in [0, 0.1) is 11.3 Å². The Hall–Kier alpha value is -0.407. The van der Waals surface area contributed by atoms with Crippen LogP contribution in [0.25, 0.3) is 0 Å². The summed E-state index contributed by atoms with van der Waals surface area (Å²) in [5.74, 6) is 0.